The summed E-state index contributed by atoms with van der Waals surface area (Å²) >= 11 is 1.67. The zero-order chi connectivity index (χ0) is 11.0. The third-order valence-corrected chi connectivity index (χ3v) is 4.07. The molecule has 0 amide bonds. The van der Waals surface area contributed by atoms with Crippen LogP contribution in [0.3, 0.4) is 0 Å². The van der Waals surface area contributed by atoms with Crippen molar-refractivity contribution in [1.29, 1.82) is 0 Å². The lowest BCUT2D eigenvalue weighted by Gasteiger charge is -2.25. The van der Waals surface area contributed by atoms with E-state index < -0.39 is 0 Å². The smallest absolute Gasteiger partial charge is 0.186 e. The van der Waals surface area contributed by atoms with Crippen LogP contribution >= 0.6 is 11.3 Å². The highest BCUT2D eigenvalue weighted by Crippen LogP contribution is 2.32. The molecule has 1 N–H and O–H groups in total. The second-order valence-electron chi connectivity index (χ2n) is 4.20. The molecule has 0 radical (unpaired) electrons. The minimum absolute atomic E-state index is 0.321. The van der Waals surface area contributed by atoms with Crippen LogP contribution in [0.4, 0.5) is 5.13 Å². The summed E-state index contributed by atoms with van der Waals surface area (Å²) in [5.41, 5.74) is 0.989. The molecule has 0 spiro atoms. The molecule has 0 aliphatic carbocycles. The van der Waals surface area contributed by atoms with Gasteiger partial charge < -0.3 is 10.0 Å². The summed E-state index contributed by atoms with van der Waals surface area (Å²) in [6.45, 7) is 2.23. The molecule has 16 heavy (non-hydrogen) atoms. The summed E-state index contributed by atoms with van der Waals surface area (Å²) in [6, 6.07) is 5.37. The van der Waals surface area contributed by atoms with Gasteiger partial charge in [-0.15, -0.1) is 0 Å². The Balaban J connectivity index is 1.97. The molecule has 2 aromatic rings. The van der Waals surface area contributed by atoms with Crippen LogP contribution in [0, 0.1) is 0 Å². The maximum Gasteiger partial charge on any atom is 0.186 e. The van der Waals surface area contributed by atoms with Crippen LogP contribution in [0.5, 0.6) is 5.75 Å². The number of fused-ring (bicyclic) bond motifs is 1. The van der Waals surface area contributed by atoms with E-state index in [4.69, 9.17) is 0 Å². The number of hydrogen-bond donors (Lipinski definition) is 1. The number of anilines is 1. The Labute approximate surface area is 98.3 Å². The number of aromatic hydroxyl groups is 1. The van der Waals surface area contributed by atoms with Crippen LogP contribution in [-0.2, 0) is 0 Å². The molecular weight excluding hydrogens is 220 g/mol. The third kappa shape index (κ3) is 1.73. The Kier molecular flexibility index (Phi) is 2.44. The summed E-state index contributed by atoms with van der Waals surface area (Å²) in [6.07, 6.45) is 3.87. The van der Waals surface area contributed by atoms with Gasteiger partial charge in [-0.1, -0.05) is 11.3 Å². The van der Waals surface area contributed by atoms with Gasteiger partial charge in [-0.05, 0) is 37.5 Å². The van der Waals surface area contributed by atoms with Crippen molar-refractivity contribution in [2.75, 3.05) is 18.0 Å². The summed E-state index contributed by atoms with van der Waals surface area (Å²) in [5.74, 6) is 0.321. The van der Waals surface area contributed by atoms with Crippen LogP contribution in [0.25, 0.3) is 10.2 Å². The molecule has 2 heterocycles. The first-order chi connectivity index (χ1) is 7.83. The average Bonchev–Trinajstić information content (AvgIpc) is 2.73. The maximum atomic E-state index is 9.42. The van der Waals surface area contributed by atoms with Crippen molar-refractivity contribution >= 4 is 26.7 Å². The van der Waals surface area contributed by atoms with Crippen molar-refractivity contribution in [2.45, 2.75) is 19.3 Å². The second-order valence-corrected chi connectivity index (χ2v) is 5.21. The molecule has 1 saturated heterocycles. The number of phenolic OH excluding ortho intramolecular Hbond substituents is 1. The summed E-state index contributed by atoms with van der Waals surface area (Å²) in [4.78, 5) is 6.96. The monoisotopic (exact) mass is 234 g/mol. The maximum absolute atomic E-state index is 9.42. The van der Waals surface area contributed by atoms with Gasteiger partial charge in [-0.25, -0.2) is 4.98 Å². The highest BCUT2D eigenvalue weighted by Gasteiger charge is 2.14. The van der Waals surface area contributed by atoms with E-state index in [1.807, 2.05) is 6.07 Å². The quantitative estimate of drug-likeness (QED) is 0.824. The van der Waals surface area contributed by atoms with Crippen molar-refractivity contribution < 1.29 is 5.11 Å². The summed E-state index contributed by atoms with van der Waals surface area (Å²) in [5, 5.41) is 10.5. The second kappa shape index (κ2) is 3.94. The fraction of sp³-hybridized carbons (Fsp3) is 0.417. The lowest BCUT2D eigenvalue weighted by atomic mass is 10.1. The third-order valence-electron chi connectivity index (χ3n) is 2.99. The standard InChI is InChI=1S/C12H14N2OS/c15-9-4-5-10-11(8-9)16-12(13-10)14-6-2-1-3-7-14/h4-5,8,15H,1-3,6-7H2. The van der Waals surface area contributed by atoms with Crippen LogP contribution < -0.4 is 4.90 Å². The Hall–Kier alpha value is -1.29. The van der Waals surface area contributed by atoms with E-state index in [-0.39, 0.29) is 0 Å². The van der Waals surface area contributed by atoms with Crippen molar-refractivity contribution in [1.82, 2.24) is 4.98 Å². The van der Waals surface area contributed by atoms with Gasteiger partial charge in [0, 0.05) is 13.1 Å². The number of aromatic nitrogens is 1. The van der Waals surface area contributed by atoms with E-state index in [0.717, 1.165) is 28.4 Å². The van der Waals surface area contributed by atoms with E-state index in [1.54, 1.807) is 23.5 Å². The zero-order valence-electron chi connectivity index (χ0n) is 9.02. The molecule has 0 unspecified atom stereocenters. The van der Waals surface area contributed by atoms with Gasteiger partial charge in [-0.2, -0.15) is 0 Å². The first-order valence-electron chi connectivity index (χ1n) is 5.67. The zero-order valence-corrected chi connectivity index (χ0v) is 9.83. The van der Waals surface area contributed by atoms with E-state index in [1.165, 1.54) is 19.3 Å². The summed E-state index contributed by atoms with van der Waals surface area (Å²) < 4.78 is 1.07. The van der Waals surface area contributed by atoms with Crippen LogP contribution in [0.15, 0.2) is 18.2 Å². The number of hydrogen-bond acceptors (Lipinski definition) is 4. The number of nitrogens with zero attached hydrogens (tertiary/aromatic N) is 2. The van der Waals surface area contributed by atoms with Crippen molar-refractivity contribution in [3.63, 3.8) is 0 Å². The first kappa shape index (κ1) is 9.90. The molecule has 3 nitrogen and oxygen atoms in total. The predicted molar refractivity (Wildman–Crippen MR) is 67.3 cm³/mol. The molecule has 84 valence electrons. The normalized spacial score (nSPS) is 16.9. The van der Waals surface area contributed by atoms with Crippen molar-refractivity contribution in [2.24, 2.45) is 0 Å². The van der Waals surface area contributed by atoms with Crippen LogP contribution in [0.2, 0.25) is 0 Å². The molecule has 0 saturated carbocycles. The van der Waals surface area contributed by atoms with Gasteiger partial charge in [-0.3, -0.25) is 0 Å². The molecule has 3 rings (SSSR count). The van der Waals surface area contributed by atoms with E-state index in [9.17, 15) is 5.11 Å². The van der Waals surface area contributed by atoms with Crippen molar-refractivity contribution in [3.8, 4) is 5.75 Å². The Bertz CT molecular complexity index is 503. The Morgan fingerprint density at radius 3 is 2.81 bits per heavy atom. The lowest BCUT2D eigenvalue weighted by Crippen LogP contribution is -2.29. The molecule has 1 aliphatic rings. The minimum atomic E-state index is 0.321. The summed E-state index contributed by atoms with van der Waals surface area (Å²) in [7, 11) is 0. The highest BCUT2D eigenvalue weighted by atomic mass is 32.1. The van der Waals surface area contributed by atoms with E-state index in [2.05, 4.69) is 9.88 Å². The van der Waals surface area contributed by atoms with Crippen LogP contribution in [0.1, 0.15) is 19.3 Å². The van der Waals surface area contributed by atoms with E-state index in [0.29, 0.717) is 5.75 Å². The molecule has 0 atom stereocenters. The SMILES string of the molecule is Oc1ccc2nc(N3CCCCC3)sc2c1. The Morgan fingerprint density at radius 2 is 2.00 bits per heavy atom. The average molecular weight is 234 g/mol. The molecule has 0 bridgehead atoms. The van der Waals surface area contributed by atoms with Gasteiger partial charge in [0.1, 0.15) is 5.75 Å². The van der Waals surface area contributed by atoms with Gasteiger partial charge in [0.2, 0.25) is 0 Å². The largest absolute Gasteiger partial charge is 0.508 e. The minimum Gasteiger partial charge on any atom is -0.508 e. The molecule has 1 fully saturated rings. The first-order valence-corrected chi connectivity index (χ1v) is 6.49. The number of benzene rings is 1. The number of thiazole rings is 1. The fourth-order valence-electron chi connectivity index (χ4n) is 2.12. The predicted octanol–water partition coefficient (Wildman–Crippen LogP) is 2.99. The molecule has 1 aromatic heterocycles. The highest BCUT2D eigenvalue weighted by molar-refractivity contribution is 7.22. The van der Waals surface area contributed by atoms with Gasteiger partial charge in [0.05, 0.1) is 10.2 Å². The van der Waals surface area contributed by atoms with Crippen molar-refractivity contribution in [3.05, 3.63) is 18.2 Å². The van der Waals surface area contributed by atoms with E-state index >= 15 is 0 Å². The number of rotatable bonds is 1. The lowest BCUT2D eigenvalue weighted by molar-refractivity contribution is 0.476. The van der Waals surface area contributed by atoms with Crippen LogP contribution in [-0.4, -0.2) is 23.2 Å². The molecule has 1 aliphatic heterocycles. The topological polar surface area (TPSA) is 36.4 Å². The molecule has 4 heteroatoms. The fourth-order valence-corrected chi connectivity index (χ4v) is 3.17. The number of phenols is 1. The number of piperidine rings is 1. The Morgan fingerprint density at radius 1 is 1.19 bits per heavy atom. The molecular formula is C12H14N2OS. The molecule has 1 aromatic carbocycles. The van der Waals surface area contributed by atoms with Gasteiger partial charge in [0.15, 0.2) is 5.13 Å². The van der Waals surface area contributed by atoms with Gasteiger partial charge >= 0.3 is 0 Å². The van der Waals surface area contributed by atoms with Gasteiger partial charge in [0.25, 0.3) is 0 Å².